The second-order valence-corrected chi connectivity index (χ2v) is 5.44. The average molecular weight is 269 g/mol. The first-order chi connectivity index (χ1) is 8.04. The summed E-state index contributed by atoms with van der Waals surface area (Å²) in [5.41, 5.74) is -0.770. The van der Waals surface area contributed by atoms with Gasteiger partial charge in [0.05, 0.1) is 18.6 Å². The van der Waals surface area contributed by atoms with Crippen molar-refractivity contribution in [2.45, 2.75) is 45.0 Å². The maximum atomic E-state index is 12.6. The van der Waals surface area contributed by atoms with Gasteiger partial charge < -0.3 is 14.7 Å². The highest BCUT2D eigenvalue weighted by atomic mass is 19.4. The lowest BCUT2D eigenvalue weighted by Crippen LogP contribution is -2.41. The zero-order valence-corrected chi connectivity index (χ0v) is 10.6. The second-order valence-electron chi connectivity index (χ2n) is 5.44. The largest absolute Gasteiger partial charge is 0.444 e. The van der Waals surface area contributed by atoms with Crippen LogP contribution in [0.2, 0.25) is 0 Å². The Balaban J connectivity index is 2.73. The minimum absolute atomic E-state index is 0.279. The molecule has 1 heterocycles. The smallest absolute Gasteiger partial charge is 0.410 e. The van der Waals surface area contributed by atoms with Crippen LogP contribution in [0.3, 0.4) is 0 Å². The van der Waals surface area contributed by atoms with Crippen LogP contribution in [0.1, 0.15) is 27.2 Å². The van der Waals surface area contributed by atoms with Gasteiger partial charge >= 0.3 is 12.3 Å². The van der Waals surface area contributed by atoms with E-state index >= 15 is 0 Å². The van der Waals surface area contributed by atoms with Crippen molar-refractivity contribution in [1.82, 2.24) is 4.90 Å². The molecule has 1 saturated heterocycles. The SMILES string of the molecule is CC(C)(C)OC(=O)N1C[C@H](C(F)(F)F)C[C@H]1CO. The van der Waals surface area contributed by atoms with Crippen LogP contribution in [0.15, 0.2) is 0 Å². The summed E-state index contributed by atoms with van der Waals surface area (Å²) in [6.07, 6.45) is -5.45. The Morgan fingerprint density at radius 1 is 1.39 bits per heavy atom. The number of hydrogen-bond donors (Lipinski definition) is 1. The Bertz CT molecular complexity index is 312. The molecule has 1 aliphatic rings. The molecule has 0 aliphatic carbocycles. The third-order valence-electron chi connectivity index (χ3n) is 2.72. The van der Waals surface area contributed by atoms with E-state index in [1.54, 1.807) is 20.8 Å². The number of carbonyl (C=O) groups excluding carboxylic acids is 1. The molecule has 1 N–H and O–H groups in total. The van der Waals surface area contributed by atoms with Crippen LogP contribution in [-0.4, -0.2) is 47.1 Å². The van der Waals surface area contributed by atoms with Gasteiger partial charge in [0.15, 0.2) is 0 Å². The molecule has 0 aromatic carbocycles. The van der Waals surface area contributed by atoms with E-state index in [0.29, 0.717) is 0 Å². The Morgan fingerprint density at radius 3 is 2.33 bits per heavy atom. The van der Waals surface area contributed by atoms with Gasteiger partial charge in [-0.15, -0.1) is 0 Å². The van der Waals surface area contributed by atoms with Crippen LogP contribution in [0.4, 0.5) is 18.0 Å². The third kappa shape index (κ3) is 3.76. The van der Waals surface area contributed by atoms with Crippen LogP contribution >= 0.6 is 0 Å². The number of hydrogen-bond acceptors (Lipinski definition) is 3. The molecule has 7 heteroatoms. The molecular formula is C11H18F3NO3. The summed E-state index contributed by atoms with van der Waals surface area (Å²) >= 11 is 0. The fourth-order valence-corrected chi connectivity index (χ4v) is 1.87. The van der Waals surface area contributed by atoms with Gasteiger partial charge in [-0.25, -0.2) is 4.79 Å². The van der Waals surface area contributed by atoms with Crippen molar-refractivity contribution >= 4 is 6.09 Å². The topological polar surface area (TPSA) is 49.8 Å². The number of ether oxygens (including phenoxy) is 1. The summed E-state index contributed by atoms with van der Waals surface area (Å²) in [5, 5.41) is 9.05. The molecular weight excluding hydrogens is 251 g/mol. The molecule has 0 saturated carbocycles. The Morgan fingerprint density at radius 2 is 1.94 bits per heavy atom. The molecule has 0 aromatic rings. The van der Waals surface area contributed by atoms with Gasteiger partial charge in [-0.2, -0.15) is 13.2 Å². The number of likely N-dealkylation sites (tertiary alicyclic amines) is 1. The second kappa shape index (κ2) is 4.95. The van der Waals surface area contributed by atoms with Crippen LogP contribution in [0.25, 0.3) is 0 Å². The first kappa shape index (κ1) is 15.1. The highest BCUT2D eigenvalue weighted by Crippen LogP contribution is 2.36. The molecule has 0 aromatic heterocycles. The average Bonchev–Trinajstić information content (AvgIpc) is 2.57. The molecule has 0 bridgehead atoms. The van der Waals surface area contributed by atoms with Crippen molar-refractivity contribution in [3.05, 3.63) is 0 Å². The number of aliphatic hydroxyl groups is 1. The van der Waals surface area contributed by atoms with E-state index in [9.17, 15) is 18.0 Å². The van der Waals surface area contributed by atoms with Crippen molar-refractivity contribution in [2.75, 3.05) is 13.2 Å². The summed E-state index contributed by atoms with van der Waals surface area (Å²) in [7, 11) is 0. The van der Waals surface area contributed by atoms with Gasteiger partial charge in [0, 0.05) is 6.54 Å². The fraction of sp³-hybridized carbons (Fsp3) is 0.909. The number of aliphatic hydroxyl groups excluding tert-OH is 1. The van der Waals surface area contributed by atoms with Gasteiger partial charge in [-0.3, -0.25) is 0 Å². The van der Waals surface area contributed by atoms with E-state index in [-0.39, 0.29) is 6.42 Å². The maximum Gasteiger partial charge on any atom is 0.410 e. The molecule has 0 spiro atoms. The fourth-order valence-electron chi connectivity index (χ4n) is 1.87. The van der Waals surface area contributed by atoms with Crippen LogP contribution in [0.5, 0.6) is 0 Å². The Labute approximate surface area is 104 Å². The number of alkyl halides is 3. The molecule has 106 valence electrons. The van der Waals surface area contributed by atoms with E-state index in [4.69, 9.17) is 9.84 Å². The Hall–Kier alpha value is -0.980. The summed E-state index contributed by atoms with van der Waals surface area (Å²) in [5.74, 6) is -1.60. The number of carbonyl (C=O) groups is 1. The normalized spacial score (nSPS) is 25.4. The molecule has 4 nitrogen and oxygen atoms in total. The number of nitrogens with zero attached hydrogens (tertiary/aromatic N) is 1. The van der Waals surface area contributed by atoms with Crippen molar-refractivity contribution in [3.63, 3.8) is 0 Å². The monoisotopic (exact) mass is 269 g/mol. The molecule has 2 atom stereocenters. The lowest BCUT2D eigenvalue weighted by Gasteiger charge is -2.27. The van der Waals surface area contributed by atoms with Crippen molar-refractivity contribution < 1.29 is 27.8 Å². The number of halogens is 3. The summed E-state index contributed by atoms with van der Waals surface area (Å²) in [6.45, 7) is 3.96. The third-order valence-corrected chi connectivity index (χ3v) is 2.72. The zero-order chi connectivity index (χ0) is 14.1. The summed E-state index contributed by atoms with van der Waals surface area (Å²) < 4.78 is 42.8. The standard InChI is InChI=1S/C11H18F3NO3/c1-10(2,3)18-9(17)15-5-7(11(12,13)14)4-8(15)6-16/h7-8,16H,4-6H2,1-3H3/t7-,8+/m1/s1. The van der Waals surface area contributed by atoms with E-state index in [2.05, 4.69) is 0 Å². The lowest BCUT2D eigenvalue weighted by atomic mass is 10.1. The Kier molecular flexibility index (Phi) is 4.15. The van der Waals surface area contributed by atoms with Crippen LogP contribution in [0, 0.1) is 5.92 Å². The van der Waals surface area contributed by atoms with Gasteiger partial charge in [-0.05, 0) is 27.2 Å². The van der Waals surface area contributed by atoms with E-state index in [0.717, 1.165) is 4.90 Å². The summed E-state index contributed by atoms with van der Waals surface area (Å²) in [4.78, 5) is 12.7. The first-order valence-electron chi connectivity index (χ1n) is 5.72. The molecule has 1 rings (SSSR count). The number of rotatable bonds is 1. The van der Waals surface area contributed by atoms with Gasteiger partial charge in [0.2, 0.25) is 0 Å². The minimum Gasteiger partial charge on any atom is -0.444 e. The van der Waals surface area contributed by atoms with Crippen molar-refractivity contribution in [1.29, 1.82) is 0 Å². The first-order valence-corrected chi connectivity index (χ1v) is 5.72. The maximum absolute atomic E-state index is 12.6. The van der Waals surface area contributed by atoms with Crippen molar-refractivity contribution in [2.24, 2.45) is 5.92 Å². The van der Waals surface area contributed by atoms with Crippen LogP contribution < -0.4 is 0 Å². The van der Waals surface area contributed by atoms with E-state index < -0.39 is 43.0 Å². The minimum atomic E-state index is -4.36. The molecule has 1 amide bonds. The van der Waals surface area contributed by atoms with Crippen molar-refractivity contribution in [3.8, 4) is 0 Å². The highest BCUT2D eigenvalue weighted by molar-refractivity contribution is 5.69. The number of amides is 1. The van der Waals surface area contributed by atoms with E-state index in [1.807, 2.05) is 0 Å². The molecule has 0 unspecified atom stereocenters. The van der Waals surface area contributed by atoms with Crippen LogP contribution in [-0.2, 0) is 4.74 Å². The quantitative estimate of drug-likeness (QED) is 0.793. The lowest BCUT2D eigenvalue weighted by molar-refractivity contribution is -0.170. The summed E-state index contributed by atoms with van der Waals surface area (Å²) in [6, 6.07) is -0.827. The van der Waals surface area contributed by atoms with E-state index in [1.165, 1.54) is 0 Å². The zero-order valence-electron chi connectivity index (χ0n) is 10.6. The molecule has 1 fully saturated rings. The predicted octanol–water partition coefficient (Wildman–Crippen LogP) is 2.17. The van der Waals surface area contributed by atoms with Gasteiger partial charge in [0.25, 0.3) is 0 Å². The molecule has 18 heavy (non-hydrogen) atoms. The molecule has 0 radical (unpaired) electrons. The molecule has 1 aliphatic heterocycles. The van der Waals surface area contributed by atoms with Gasteiger partial charge in [0.1, 0.15) is 5.60 Å². The predicted molar refractivity (Wildman–Crippen MR) is 58.0 cm³/mol. The van der Waals surface area contributed by atoms with Gasteiger partial charge in [-0.1, -0.05) is 0 Å². The highest BCUT2D eigenvalue weighted by Gasteiger charge is 2.49.